The van der Waals surface area contributed by atoms with Crippen LogP contribution in [0.2, 0.25) is 0 Å². The maximum atomic E-state index is 12.5. The predicted octanol–water partition coefficient (Wildman–Crippen LogP) is 2.31. The lowest BCUT2D eigenvalue weighted by molar-refractivity contribution is -0.147. The minimum Gasteiger partial charge on any atom is -0.368 e. The molecule has 2 aromatic heterocycles. The number of rotatable bonds is 2. The predicted molar refractivity (Wildman–Crippen MR) is 89.9 cm³/mol. The van der Waals surface area contributed by atoms with Crippen LogP contribution in [0.25, 0.3) is 5.65 Å². The van der Waals surface area contributed by atoms with Gasteiger partial charge in [-0.05, 0) is 45.1 Å². The van der Waals surface area contributed by atoms with E-state index in [0.29, 0.717) is 5.92 Å². The zero-order valence-electron chi connectivity index (χ0n) is 14.1. The molecule has 0 spiro atoms. The number of likely N-dealkylation sites (tertiary alicyclic amines) is 1. The minimum atomic E-state index is -0.209. The summed E-state index contributed by atoms with van der Waals surface area (Å²) in [6.45, 7) is 4.30. The fourth-order valence-electron chi connectivity index (χ4n) is 3.77. The molecule has 6 heteroatoms. The van der Waals surface area contributed by atoms with Gasteiger partial charge in [0.25, 0.3) is 5.91 Å². The first kappa shape index (κ1) is 15.6. The van der Waals surface area contributed by atoms with Gasteiger partial charge in [-0.3, -0.25) is 4.79 Å². The number of carbonyl (C=O) groups is 1. The maximum absolute atomic E-state index is 12.5. The molecule has 2 fully saturated rings. The highest BCUT2D eigenvalue weighted by Gasteiger charge is 2.30. The van der Waals surface area contributed by atoms with Crippen LogP contribution in [-0.4, -0.2) is 51.2 Å². The first-order valence-corrected chi connectivity index (χ1v) is 8.94. The number of aryl methyl sites for hydroxylation is 1. The highest BCUT2D eigenvalue weighted by atomic mass is 16.5. The third-order valence-corrected chi connectivity index (χ3v) is 5.15. The average Bonchev–Trinajstić information content (AvgIpc) is 3.01. The van der Waals surface area contributed by atoms with Gasteiger partial charge in [0.05, 0.1) is 5.69 Å². The maximum Gasteiger partial charge on any atom is 0.251 e. The number of aromatic nitrogens is 3. The zero-order valence-corrected chi connectivity index (χ0v) is 14.1. The van der Waals surface area contributed by atoms with Crippen molar-refractivity contribution in [3.8, 4) is 0 Å². The Bertz CT molecular complexity index is 728. The van der Waals surface area contributed by atoms with Crippen molar-refractivity contribution in [2.24, 2.45) is 0 Å². The highest BCUT2D eigenvalue weighted by Crippen LogP contribution is 2.28. The minimum absolute atomic E-state index is 0.183. The van der Waals surface area contributed by atoms with E-state index < -0.39 is 0 Å². The van der Waals surface area contributed by atoms with Crippen LogP contribution in [0, 0.1) is 6.92 Å². The van der Waals surface area contributed by atoms with Gasteiger partial charge in [0, 0.05) is 43.6 Å². The third-order valence-electron chi connectivity index (χ3n) is 5.15. The average molecular weight is 328 g/mol. The Balaban J connectivity index is 1.40. The molecule has 0 aromatic carbocycles. The van der Waals surface area contributed by atoms with Gasteiger partial charge >= 0.3 is 0 Å². The van der Waals surface area contributed by atoms with Gasteiger partial charge < -0.3 is 9.64 Å². The molecule has 0 saturated carbocycles. The molecule has 2 saturated heterocycles. The second-order valence-electron chi connectivity index (χ2n) is 6.90. The van der Waals surface area contributed by atoms with E-state index in [1.54, 1.807) is 0 Å². The first-order chi connectivity index (χ1) is 11.7. The van der Waals surface area contributed by atoms with Gasteiger partial charge in [0.1, 0.15) is 6.10 Å². The topological polar surface area (TPSA) is 59.7 Å². The highest BCUT2D eigenvalue weighted by molar-refractivity contribution is 5.81. The van der Waals surface area contributed by atoms with Crippen molar-refractivity contribution in [3.63, 3.8) is 0 Å². The Morgan fingerprint density at radius 2 is 2.08 bits per heavy atom. The Hall–Kier alpha value is -1.95. The number of hydrogen-bond donors (Lipinski definition) is 0. The number of carbonyl (C=O) groups excluding carboxylic acids is 1. The summed E-state index contributed by atoms with van der Waals surface area (Å²) in [7, 11) is 0. The van der Waals surface area contributed by atoms with E-state index in [1.165, 1.54) is 0 Å². The molecule has 1 unspecified atom stereocenters. The Morgan fingerprint density at radius 3 is 2.83 bits per heavy atom. The lowest BCUT2D eigenvalue weighted by atomic mass is 9.92. The molecule has 2 aliphatic heterocycles. The summed E-state index contributed by atoms with van der Waals surface area (Å²) in [5.41, 5.74) is 3.00. The molecule has 0 radical (unpaired) electrons. The Morgan fingerprint density at radius 1 is 1.25 bits per heavy atom. The zero-order chi connectivity index (χ0) is 16.5. The van der Waals surface area contributed by atoms with Crippen LogP contribution in [0.4, 0.5) is 0 Å². The summed E-state index contributed by atoms with van der Waals surface area (Å²) < 4.78 is 7.46. The number of ether oxygens (including phenoxy) is 1. The van der Waals surface area contributed by atoms with Crippen molar-refractivity contribution in [1.82, 2.24) is 19.5 Å². The smallest absolute Gasteiger partial charge is 0.251 e. The lowest BCUT2D eigenvalue weighted by Gasteiger charge is -2.34. The lowest BCUT2D eigenvalue weighted by Crippen LogP contribution is -2.45. The molecule has 1 amide bonds. The molecule has 1 atom stereocenters. The van der Waals surface area contributed by atoms with E-state index in [0.717, 1.165) is 68.8 Å². The first-order valence-electron chi connectivity index (χ1n) is 8.94. The van der Waals surface area contributed by atoms with Gasteiger partial charge in [-0.15, -0.1) is 0 Å². The van der Waals surface area contributed by atoms with Crippen LogP contribution >= 0.6 is 0 Å². The number of hydrogen-bond acceptors (Lipinski definition) is 4. The molecular formula is C18H24N4O2. The molecule has 6 nitrogen and oxygen atoms in total. The van der Waals surface area contributed by atoms with Crippen molar-refractivity contribution in [2.45, 2.75) is 51.0 Å². The van der Waals surface area contributed by atoms with Gasteiger partial charge in [-0.1, -0.05) is 0 Å². The van der Waals surface area contributed by atoms with Crippen LogP contribution in [0.1, 0.15) is 49.4 Å². The van der Waals surface area contributed by atoms with Crippen LogP contribution < -0.4 is 0 Å². The summed E-state index contributed by atoms with van der Waals surface area (Å²) >= 11 is 0. The fourth-order valence-corrected chi connectivity index (χ4v) is 3.77. The standard InChI is InChI=1S/C18H24N4O2/c1-13-12-17-19-15(7-10-22(17)20-13)14-5-8-21(9-6-14)18(23)16-4-2-3-11-24-16/h7,10,12,14,16H,2-6,8-9,11H2,1H3. The van der Waals surface area contributed by atoms with Crippen LogP contribution in [-0.2, 0) is 9.53 Å². The van der Waals surface area contributed by atoms with Crippen LogP contribution in [0.3, 0.4) is 0 Å². The summed E-state index contributed by atoms with van der Waals surface area (Å²) in [4.78, 5) is 19.3. The van der Waals surface area contributed by atoms with Gasteiger partial charge in [-0.25, -0.2) is 9.50 Å². The largest absolute Gasteiger partial charge is 0.368 e. The van der Waals surface area contributed by atoms with Crippen molar-refractivity contribution < 1.29 is 9.53 Å². The Labute approximate surface area is 141 Å². The van der Waals surface area contributed by atoms with Crippen molar-refractivity contribution in [2.75, 3.05) is 19.7 Å². The number of nitrogens with zero attached hydrogens (tertiary/aromatic N) is 4. The molecule has 0 aliphatic carbocycles. The molecular weight excluding hydrogens is 304 g/mol. The third kappa shape index (κ3) is 3.02. The molecule has 2 aliphatic rings. The van der Waals surface area contributed by atoms with E-state index >= 15 is 0 Å². The number of piperidine rings is 1. The molecule has 4 rings (SSSR count). The monoisotopic (exact) mass is 328 g/mol. The fraction of sp³-hybridized carbons (Fsp3) is 0.611. The van der Waals surface area contributed by atoms with Crippen molar-refractivity contribution in [1.29, 1.82) is 0 Å². The summed E-state index contributed by atoms with van der Waals surface area (Å²) in [5.74, 6) is 0.601. The summed E-state index contributed by atoms with van der Waals surface area (Å²) in [6.07, 6.45) is 6.76. The molecule has 0 N–H and O–H groups in total. The second-order valence-corrected chi connectivity index (χ2v) is 6.90. The SMILES string of the molecule is Cc1cc2nc(C3CCN(C(=O)C4CCCCO4)CC3)ccn2n1. The van der Waals surface area contributed by atoms with E-state index in [1.807, 2.05) is 28.6 Å². The molecule has 24 heavy (non-hydrogen) atoms. The van der Waals surface area contributed by atoms with E-state index in [-0.39, 0.29) is 12.0 Å². The number of amides is 1. The molecule has 0 bridgehead atoms. The van der Waals surface area contributed by atoms with Gasteiger partial charge in [-0.2, -0.15) is 5.10 Å². The number of fused-ring (bicyclic) bond motifs is 1. The van der Waals surface area contributed by atoms with Crippen LogP contribution in [0.15, 0.2) is 18.3 Å². The summed E-state index contributed by atoms with van der Waals surface area (Å²) in [5, 5.41) is 4.37. The van der Waals surface area contributed by atoms with Crippen LogP contribution in [0.5, 0.6) is 0 Å². The van der Waals surface area contributed by atoms with E-state index in [4.69, 9.17) is 9.72 Å². The van der Waals surface area contributed by atoms with E-state index in [9.17, 15) is 4.79 Å². The normalized spacial score (nSPS) is 22.9. The van der Waals surface area contributed by atoms with Gasteiger partial charge in [0.15, 0.2) is 5.65 Å². The Kier molecular flexibility index (Phi) is 4.22. The van der Waals surface area contributed by atoms with Gasteiger partial charge in [0.2, 0.25) is 0 Å². The van der Waals surface area contributed by atoms with E-state index in [2.05, 4.69) is 11.2 Å². The molecule has 128 valence electrons. The quantitative estimate of drug-likeness (QED) is 0.849. The second kappa shape index (κ2) is 6.51. The molecule has 2 aromatic rings. The molecule has 4 heterocycles. The van der Waals surface area contributed by atoms with Crippen molar-refractivity contribution in [3.05, 3.63) is 29.7 Å². The van der Waals surface area contributed by atoms with Crippen molar-refractivity contribution >= 4 is 11.6 Å². The summed E-state index contributed by atoms with van der Waals surface area (Å²) in [6, 6.07) is 4.06.